The number of carbonyl (C=O) groups is 2. The second kappa shape index (κ2) is 11.4. The number of morpholine rings is 1. The number of hydrogen-bond acceptors (Lipinski definition) is 8. The van der Waals surface area contributed by atoms with Crippen molar-refractivity contribution in [3.63, 3.8) is 0 Å². The molecule has 1 aliphatic heterocycles. The number of nitro benzene ring substituents is 1. The number of likely N-dealkylation sites (N-methyl/N-ethyl adjacent to an activating group) is 1. The number of anilines is 3. The minimum atomic E-state index is -0.542. The van der Waals surface area contributed by atoms with Crippen LogP contribution in [0, 0.1) is 17.0 Å². The lowest BCUT2D eigenvalue weighted by Crippen LogP contribution is -2.36. The predicted octanol–water partition coefficient (Wildman–Crippen LogP) is 2.26. The zero-order chi connectivity index (χ0) is 24.7. The molecule has 0 aliphatic carbocycles. The molecule has 2 aromatic rings. The number of hydrogen-bond donors (Lipinski definition) is 2. The summed E-state index contributed by atoms with van der Waals surface area (Å²) >= 11 is 0. The SMILES string of the molecule is COc1cc(NC(=O)CN(C)CC(=O)Nc2ccc(N3CCOCC3)cc2)c(C)cc1[N+](=O)[O-]. The largest absolute Gasteiger partial charge is 0.490 e. The van der Waals surface area contributed by atoms with Gasteiger partial charge in [-0.3, -0.25) is 24.6 Å². The smallest absolute Gasteiger partial charge is 0.311 e. The minimum Gasteiger partial charge on any atom is -0.490 e. The van der Waals surface area contributed by atoms with E-state index in [-0.39, 0.29) is 36.3 Å². The molecule has 2 N–H and O–H groups in total. The molecule has 2 amide bonds. The molecule has 0 spiro atoms. The van der Waals surface area contributed by atoms with Crippen molar-refractivity contribution in [2.24, 2.45) is 0 Å². The Morgan fingerprint density at radius 2 is 1.74 bits per heavy atom. The monoisotopic (exact) mass is 471 g/mol. The van der Waals surface area contributed by atoms with Crippen molar-refractivity contribution in [3.8, 4) is 5.75 Å². The van der Waals surface area contributed by atoms with Crippen molar-refractivity contribution in [3.05, 3.63) is 52.1 Å². The maximum atomic E-state index is 12.4. The second-order valence-corrected chi connectivity index (χ2v) is 8.01. The summed E-state index contributed by atoms with van der Waals surface area (Å²) in [5.74, 6) is -0.551. The number of nitro groups is 1. The van der Waals surface area contributed by atoms with Crippen LogP contribution in [0.2, 0.25) is 0 Å². The number of amides is 2. The lowest BCUT2D eigenvalue weighted by Gasteiger charge is -2.28. The quantitative estimate of drug-likeness (QED) is 0.421. The Morgan fingerprint density at radius 3 is 2.32 bits per heavy atom. The van der Waals surface area contributed by atoms with E-state index in [9.17, 15) is 19.7 Å². The lowest BCUT2D eigenvalue weighted by molar-refractivity contribution is -0.385. The van der Waals surface area contributed by atoms with Gasteiger partial charge in [-0.05, 0) is 43.8 Å². The lowest BCUT2D eigenvalue weighted by atomic mass is 10.1. The van der Waals surface area contributed by atoms with Crippen LogP contribution in [0.5, 0.6) is 5.75 Å². The van der Waals surface area contributed by atoms with Crippen LogP contribution in [0.1, 0.15) is 5.56 Å². The summed E-state index contributed by atoms with van der Waals surface area (Å²) < 4.78 is 10.4. The molecule has 182 valence electrons. The highest BCUT2D eigenvalue weighted by Crippen LogP contribution is 2.32. The van der Waals surface area contributed by atoms with Crippen molar-refractivity contribution in [1.29, 1.82) is 0 Å². The summed E-state index contributed by atoms with van der Waals surface area (Å²) in [6.45, 7) is 4.72. The van der Waals surface area contributed by atoms with E-state index < -0.39 is 4.92 Å². The molecule has 0 unspecified atom stereocenters. The Morgan fingerprint density at radius 1 is 1.12 bits per heavy atom. The second-order valence-electron chi connectivity index (χ2n) is 8.01. The molecule has 1 saturated heterocycles. The van der Waals surface area contributed by atoms with E-state index in [1.165, 1.54) is 19.2 Å². The zero-order valence-electron chi connectivity index (χ0n) is 19.5. The van der Waals surface area contributed by atoms with Crippen molar-refractivity contribution in [2.75, 3.05) is 69.1 Å². The third-order valence-electron chi connectivity index (χ3n) is 5.35. The molecule has 0 atom stereocenters. The van der Waals surface area contributed by atoms with E-state index in [1.54, 1.807) is 18.9 Å². The number of nitrogens with one attached hydrogen (secondary N) is 2. The molecular weight excluding hydrogens is 442 g/mol. The summed E-state index contributed by atoms with van der Waals surface area (Å²) in [6.07, 6.45) is 0. The van der Waals surface area contributed by atoms with Crippen molar-refractivity contribution < 1.29 is 24.0 Å². The first-order valence-corrected chi connectivity index (χ1v) is 10.8. The molecule has 11 heteroatoms. The molecule has 1 heterocycles. The number of methoxy groups -OCH3 is 1. The fourth-order valence-corrected chi connectivity index (χ4v) is 3.63. The van der Waals surface area contributed by atoms with E-state index in [1.807, 2.05) is 24.3 Å². The van der Waals surface area contributed by atoms with Gasteiger partial charge in [-0.25, -0.2) is 0 Å². The van der Waals surface area contributed by atoms with Crippen molar-refractivity contribution in [2.45, 2.75) is 6.92 Å². The number of nitrogens with zero attached hydrogens (tertiary/aromatic N) is 3. The topological polar surface area (TPSA) is 126 Å². The maximum absolute atomic E-state index is 12.4. The standard InChI is InChI=1S/C23H29N5O6/c1-16-12-20(28(31)32)21(33-3)13-19(16)25-23(30)15-26(2)14-22(29)24-17-4-6-18(7-5-17)27-8-10-34-11-9-27/h4-7,12-13H,8-11,14-15H2,1-3H3,(H,24,29)(H,25,30). The highest BCUT2D eigenvalue weighted by molar-refractivity contribution is 5.95. The first-order valence-electron chi connectivity index (χ1n) is 10.8. The summed E-state index contributed by atoms with van der Waals surface area (Å²) in [7, 11) is 2.98. The third-order valence-corrected chi connectivity index (χ3v) is 5.35. The Balaban J connectivity index is 1.50. The van der Waals surface area contributed by atoms with Crippen LogP contribution in [-0.4, -0.2) is 75.2 Å². The van der Waals surface area contributed by atoms with Gasteiger partial charge in [0.1, 0.15) is 0 Å². The Kier molecular flexibility index (Phi) is 8.39. The molecule has 0 radical (unpaired) electrons. The summed E-state index contributed by atoms with van der Waals surface area (Å²) in [6, 6.07) is 10.4. The number of rotatable bonds is 9. The zero-order valence-corrected chi connectivity index (χ0v) is 19.5. The molecular formula is C23H29N5O6. The van der Waals surface area contributed by atoms with E-state index in [2.05, 4.69) is 15.5 Å². The normalized spacial score (nSPS) is 13.5. The fourth-order valence-electron chi connectivity index (χ4n) is 3.63. The van der Waals surface area contributed by atoms with E-state index in [0.717, 1.165) is 18.8 Å². The van der Waals surface area contributed by atoms with Crippen LogP contribution in [0.3, 0.4) is 0 Å². The molecule has 1 fully saturated rings. The Bertz CT molecular complexity index is 1040. The first-order chi connectivity index (χ1) is 16.3. The van der Waals surface area contributed by atoms with Gasteiger partial charge in [0.05, 0.1) is 38.3 Å². The van der Waals surface area contributed by atoms with Crippen LogP contribution >= 0.6 is 0 Å². The Labute approximate surface area is 197 Å². The number of benzene rings is 2. The van der Waals surface area contributed by atoms with Gasteiger partial charge in [0, 0.05) is 42.3 Å². The van der Waals surface area contributed by atoms with Crippen LogP contribution in [-0.2, 0) is 14.3 Å². The van der Waals surface area contributed by atoms with Gasteiger partial charge in [-0.2, -0.15) is 0 Å². The number of ether oxygens (including phenoxy) is 2. The molecule has 11 nitrogen and oxygen atoms in total. The van der Waals surface area contributed by atoms with Crippen LogP contribution in [0.25, 0.3) is 0 Å². The molecule has 1 aliphatic rings. The fraction of sp³-hybridized carbons (Fsp3) is 0.391. The van der Waals surface area contributed by atoms with Gasteiger partial charge in [-0.15, -0.1) is 0 Å². The van der Waals surface area contributed by atoms with E-state index in [4.69, 9.17) is 9.47 Å². The summed E-state index contributed by atoms with van der Waals surface area (Å²) in [5.41, 5.74) is 2.51. The van der Waals surface area contributed by atoms with Gasteiger partial charge in [0.2, 0.25) is 11.8 Å². The predicted molar refractivity (Wildman–Crippen MR) is 129 cm³/mol. The first kappa shape index (κ1) is 24.9. The third kappa shape index (κ3) is 6.65. The summed E-state index contributed by atoms with van der Waals surface area (Å²) in [4.78, 5) is 39.2. The van der Waals surface area contributed by atoms with Crippen LogP contribution in [0.15, 0.2) is 36.4 Å². The van der Waals surface area contributed by atoms with Gasteiger partial charge in [0.25, 0.3) is 0 Å². The van der Waals surface area contributed by atoms with Gasteiger partial charge in [-0.1, -0.05) is 0 Å². The number of aryl methyl sites for hydroxylation is 1. The Hall–Kier alpha value is -3.70. The van der Waals surface area contributed by atoms with E-state index in [0.29, 0.717) is 30.2 Å². The highest BCUT2D eigenvalue weighted by Gasteiger charge is 2.19. The molecule has 0 aromatic heterocycles. The van der Waals surface area contributed by atoms with Crippen molar-refractivity contribution in [1.82, 2.24) is 4.90 Å². The van der Waals surface area contributed by atoms with Crippen molar-refractivity contribution >= 4 is 34.6 Å². The maximum Gasteiger partial charge on any atom is 0.311 e. The van der Waals surface area contributed by atoms with Crippen LogP contribution in [0.4, 0.5) is 22.7 Å². The number of carbonyl (C=O) groups excluding carboxylic acids is 2. The van der Waals surface area contributed by atoms with Gasteiger partial charge < -0.3 is 25.0 Å². The molecule has 0 bridgehead atoms. The molecule has 3 rings (SSSR count). The molecule has 34 heavy (non-hydrogen) atoms. The van der Waals surface area contributed by atoms with Crippen LogP contribution < -0.4 is 20.3 Å². The molecule has 2 aromatic carbocycles. The van der Waals surface area contributed by atoms with Gasteiger partial charge in [0.15, 0.2) is 5.75 Å². The summed E-state index contributed by atoms with van der Waals surface area (Å²) in [5, 5.41) is 16.7. The highest BCUT2D eigenvalue weighted by atomic mass is 16.6. The average molecular weight is 472 g/mol. The minimum absolute atomic E-state index is 0.0151. The molecule has 0 saturated carbocycles. The average Bonchev–Trinajstić information content (AvgIpc) is 2.80. The van der Waals surface area contributed by atoms with E-state index >= 15 is 0 Å². The van der Waals surface area contributed by atoms with Gasteiger partial charge >= 0.3 is 5.69 Å².